The summed E-state index contributed by atoms with van der Waals surface area (Å²) in [5.41, 5.74) is 0.364. The Hall–Kier alpha value is -2.79. The standard InChI is InChI=1S/C17H15BrClFN6O3/c1-9-15(26(28)29)6-21-25(9)10(2)17(27)22-16-12(18)8-24(23-16)7-11-13(19)4-3-5-14(11)20/h3-6,8,10H,7H2,1-2H3,(H,22,23,27). The van der Waals surface area contributed by atoms with Gasteiger partial charge in [0.2, 0.25) is 5.91 Å². The lowest BCUT2D eigenvalue weighted by Gasteiger charge is -2.13. The van der Waals surface area contributed by atoms with E-state index in [4.69, 9.17) is 11.6 Å². The summed E-state index contributed by atoms with van der Waals surface area (Å²) in [6.07, 6.45) is 2.68. The van der Waals surface area contributed by atoms with E-state index in [0.29, 0.717) is 4.47 Å². The summed E-state index contributed by atoms with van der Waals surface area (Å²) >= 11 is 9.34. The Bertz CT molecular complexity index is 1080. The molecule has 29 heavy (non-hydrogen) atoms. The molecule has 0 aliphatic rings. The van der Waals surface area contributed by atoms with Gasteiger partial charge in [0.1, 0.15) is 23.7 Å². The highest BCUT2D eigenvalue weighted by Crippen LogP contribution is 2.25. The van der Waals surface area contributed by atoms with Gasteiger partial charge in [0, 0.05) is 16.8 Å². The second-order valence-electron chi connectivity index (χ2n) is 6.21. The van der Waals surface area contributed by atoms with Crippen LogP contribution in [0.15, 0.2) is 35.1 Å². The molecule has 2 aromatic heterocycles. The number of anilines is 1. The van der Waals surface area contributed by atoms with Crippen molar-refractivity contribution >= 4 is 44.9 Å². The van der Waals surface area contributed by atoms with Crippen LogP contribution < -0.4 is 5.32 Å². The third kappa shape index (κ3) is 4.30. The van der Waals surface area contributed by atoms with Gasteiger partial charge in [-0.2, -0.15) is 10.2 Å². The summed E-state index contributed by atoms with van der Waals surface area (Å²) in [4.78, 5) is 23.0. The van der Waals surface area contributed by atoms with Crippen molar-refractivity contribution in [2.24, 2.45) is 0 Å². The van der Waals surface area contributed by atoms with Crippen LogP contribution in [0, 0.1) is 22.9 Å². The van der Waals surface area contributed by atoms with Crippen molar-refractivity contribution in [2.75, 3.05) is 5.32 Å². The van der Waals surface area contributed by atoms with Gasteiger partial charge in [0.25, 0.3) is 0 Å². The molecule has 152 valence electrons. The maximum Gasteiger partial charge on any atom is 0.309 e. The first-order valence-electron chi connectivity index (χ1n) is 8.34. The first kappa shape index (κ1) is 20.9. The lowest BCUT2D eigenvalue weighted by Crippen LogP contribution is -2.25. The molecular weight excluding hydrogens is 471 g/mol. The Kier molecular flexibility index (Phi) is 5.99. The lowest BCUT2D eigenvalue weighted by molar-refractivity contribution is -0.385. The van der Waals surface area contributed by atoms with E-state index in [1.165, 1.54) is 28.4 Å². The molecule has 1 aromatic carbocycles. The number of carbonyl (C=O) groups is 1. The number of nitrogens with one attached hydrogen (secondary N) is 1. The number of carbonyl (C=O) groups excluding carboxylic acids is 1. The van der Waals surface area contributed by atoms with E-state index < -0.39 is 22.7 Å². The fourth-order valence-corrected chi connectivity index (χ4v) is 3.36. The maximum atomic E-state index is 14.0. The SMILES string of the molecule is Cc1c([N+](=O)[O-])cnn1C(C)C(=O)Nc1nn(Cc2c(F)cccc2Cl)cc1Br. The minimum absolute atomic E-state index is 0.0694. The molecule has 12 heteroatoms. The number of hydrogen-bond acceptors (Lipinski definition) is 5. The highest BCUT2D eigenvalue weighted by molar-refractivity contribution is 9.10. The number of amides is 1. The summed E-state index contributed by atoms with van der Waals surface area (Å²) in [5.74, 6) is -0.714. The van der Waals surface area contributed by atoms with E-state index in [1.54, 1.807) is 19.2 Å². The summed E-state index contributed by atoms with van der Waals surface area (Å²) < 4.78 is 17.1. The summed E-state index contributed by atoms with van der Waals surface area (Å²) in [6.45, 7) is 3.14. The number of nitro groups is 1. The molecule has 0 aliphatic carbocycles. The average molecular weight is 486 g/mol. The number of nitrogens with zero attached hydrogens (tertiary/aromatic N) is 5. The zero-order valence-corrected chi connectivity index (χ0v) is 17.6. The molecule has 0 spiro atoms. The Labute approximate surface area is 177 Å². The van der Waals surface area contributed by atoms with Crippen LogP contribution in [0.4, 0.5) is 15.9 Å². The molecule has 3 aromatic rings. The minimum Gasteiger partial charge on any atom is -0.306 e. The number of hydrogen-bond donors (Lipinski definition) is 1. The minimum atomic E-state index is -0.818. The van der Waals surface area contributed by atoms with Crippen molar-refractivity contribution in [3.63, 3.8) is 0 Å². The van der Waals surface area contributed by atoms with Crippen LogP contribution in [0.2, 0.25) is 5.02 Å². The van der Waals surface area contributed by atoms with Crippen molar-refractivity contribution < 1.29 is 14.1 Å². The van der Waals surface area contributed by atoms with Crippen molar-refractivity contribution in [1.29, 1.82) is 0 Å². The predicted molar refractivity (Wildman–Crippen MR) is 107 cm³/mol. The van der Waals surface area contributed by atoms with Gasteiger partial charge in [-0.3, -0.25) is 24.3 Å². The van der Waals surface area contributed by atoms with Crippen LogP contribution >= 0.6 is 27.5 Å². The predicted octanol–water partition coefficient (Wildman–Crippen LogP) is 4.10. The smallest absolute Gasteiger partial charge is 0.306 e. The van der Waals surface area contributed by atoms with Gasteiger partial charge in [0.15, 0.2) is 5.82 Å². The van der Waals surface area contributed by atoms with E-state index >= 15 is 0 Å². The second-order valence-corrected chi connectivity index (χ2v) is 7.47. The van der Waals surface area contributed by atoms with E-state index in [0.717, 1.165) is 6.20 Å². The largest absolute Gasteiger partial charge is 0.309 e. The quantitative estimate of drug-likeness (QED) is 0.418. The highest BCUT2D eigenvalue weighted by Gasteiger charge is 2.25. The van der Waals surface area contributed by atoms with E-state index in [1.807, 2.05) is 0 Å². The zero-order valence-electron chi connectivity index (χ0n) is 15.3. The topological polar surface area (TPSA) is 108 Å². The third-order valence-corrected chi connectivity index (χ3v) is 5.24. The van der Waals surface area contributed by atoms with Gasteiger partial charge in [0.05, 0.1) is 15.9 Å². The molecule has 3 rings (SSSR count). The number of rotatable bonds is 6. The van der Waals surface area contributed by atoms with E-state index in [2.05, 4.69) is 31.4 Å². The summed E-state index contributed by atoms with van der Waals surface area (Å²) in [7, 11) is 0. The van der Waals surface area contributed by atoms with Gasteiger partial charge in [-0.15, -0.1) is 0 Å². The molecule has 0 saturated heterocycles. The molecule has 1 atom stereocenters. The first-order chi connectivity index (χ1) is 13.7. The van der Waals surface area contributed by atoms with Crippen LogP contribution in [0.25, 0.3) is 0 Å². The molecule has 1 amide bonds. The number of halogens is 3. The Morgan fingerprint density at radius 3 is 2.83 bits per heavy atom. The monoisotopic (exact) mass is 484 g/mol. The molecule has 2 heterocycles. The van der Waals surface area contributed by atoms with Crippen molar-refractivity contribution in [3.8, 4) is 0 Å². The third-order valence-electron chi connectivity index (χ3n) is 4.30. The van der Waals surface area contributed by atoms with Crippen LogP contribution in [0.3, 0.4) is 0 Å². The molecule has 0 radical (unpaired) electrons. The van der Waals surface area contributed by atoms with Crippen LogP contribution in [-0.4, -0.2) is 30.4 Å². The normalized spacial score (nSPS) is 12.0. The summed E-state index contributed by atoms with van der Waals surface area (Å²) in [5, 5.41) is 22.0. The Morgan fingerprint density at radius 1 is 1.48 bits per heavy atom. The molecular formula is C17H15BrClFN6O3. The van der Waals surface area contributed by atoms with E-state index in [-0.39, 0.29) is 34.3 Å². The molecule has 9 nitrogen and oxygen atoms in total. The molecule has 0 fully saturated rings. The molecule has 1 unspecified atom stereocenters. The first-order valence-corrected chi connectivity index (χ1v) is 9.51. The van der Waals surface area contributed by atoms with Gasteiger partial charge < -0.3 is 5.32 Å². The highest BCUT2D eigenvalue weighted by atomic mass is 79.9. The molecule has 0 aliphatic heterocycles. The van der Waals surface area contributed by atoms with Gasteiger partial charge >= 0.3 is 5.69 Å². The van der Waals surface area contributed by atoms with Crippen LogP contribution in [0.1, 0.15) is 24.2 Å². The van der Waals surface area contributed by atoms with Crippen molar-refractivity contribution in [2.45, 2.75) is 26.4 Å². The fraction of sp³-hybridized carbons (Fsp3) is 0.235. The van der Waals surface area contributed by atoms with Gasteiger partial charge in [-0.25, -0.2) is 4.39 Å². The van der Waals surface area contributed by atoms with E-state index in [9.17, 15) is 19.3 Å². The number of benzene rings is 1. The van der Waals surface area contributed by atoms with Crippen molar-refractivity contribution in [3.05, 3.63) is 67.3 Å². The molecule has 1 N–H and O–H groups in total. The number of aromatic nitrogens is 4. The van der Waals surface area contributed by atoms with Gasteiger partial charge in [-0.05, 0) is 41.9 Å². The maximum absolute atomic E-state index is 14.0. The Morgan fingerprint density at radius 2 is 2.21 bits per heavy atom. The summed E-state index contributed by atoms with van der Waals surface area (Å²) in [6, 6.07) is 3.57. The molecule has 0 saturated carbocycles. The zero-order chi connectivity index (χ0) is 21.3. The average Bonchev–Trinajstić information content (AvgIpc) is 3.20. The Balaban J connectivity index is 1.77. The van der Waals surface area contributed by atoms with Gasteiger partial charge in [-0.1, -0.05) is 17.7 Å². The molecule has 0 bridgehead atoms. The van der Waals surface area contributed by atoms with Crippen LogP contribution in [-0.2, 0) is 11.3 Å². The van der Waals surface area contributed by atoms with Crippen LogP contribution in [0.5, 0.6) is 0 Å². The lowest BCUT2D eigenvalue weighted by atomic mass is 10.2. The fourth-order valence-electron chi connectivity index (χ4n) is 2.72. The second kappa shape index (κ2) is 8.29. The van der Waals surface area contributed by atoms with Crippen molar-refractivity contribution in [1.82, 2.24) is 19.6 Å².